The Bertz CT molecular complexity index is 1080. The third kappa shape index (κ3) is 7.42. The predicted octanol–water partition coefficient (Wildman–Crippen LogP) is 5.72. The number of carbonyl (C=O) groups is 2. The molecule has 200 valence electrons. The zero-order valence-electron chi connectivity index (χ0n) is 20.8. The standard InChI is InChI=1S/C27H31ClF2N2O2.CH2O2/c28-21-11-19(12-22(29)13-21)16-31-9-5-18(6-10-31)17-34-26-15-25(30)24(14-23(26)20-3-4-20)27(33)32-7-1-2-8-32;2-1-3/h11-15,18,20H,1-10,16-17H2;1H,(H,2,3). The van der Waals surface area contributed by atoms with Crippen LogP contribution >= 0.6 is 11.6 Å². The number of rotatable bonds is 7. The molecule has 3 fully saturated rings. The maximum Gasteiger partial charge on any atom is 0.290 e. The molecule has 37 heavy (non-hydrogen) atoms. The van der Waals surface area contributed by atoms with Crippen molar-refractivity contribution in [3.8, 4) is 5.75 Å². The van der Waals surface area contributed by atoms with Crippen LogP contribution in [0, 0.1) is 17.6 Å². The molecular formula is C28H33ClF2N2O4. The second kappa shape index (κ2) is 12.7. The Morgan fingerprint density at radius 2 is 1.70 bits per heavy atom. The molecule has 2 aromatic rings. The van der Waals surface area contributed by atoms with Gasteiger partial charge in [-0.1, -0.05) is 11.6 Å². The average Bonchev–Trinajstić information content (AvgIpc) is 3.55. The van der Waals surface area contributed by atoms with E-state index in [1.807, 2.05) is 6.07 Å². The molecule has 3 aliphatic rings. The summed E-state index contributed by atoms with van der Waals surface area (Å²) in [5.74, 6) is 0.344. The SMILES string of the molecule is O=C(c1cc(C2CC2)c(OCC2CCN(Cc3cc(F)cc(Cl)c3)CC2)cc1F)N1CCCC1.O=CO. The van der Waals surface area contributed by atoms with E-state index in [0.29, 0.717) is 48.8 Å². The zero-order valence-corrected chi connectivity index (χ0v) is 21.6. The van der Waals surface area contributed by atoms with Crippen molar-refractivity contribution in [2.75, 3.05) is 32.8 Å². The molecule has 1 saturated carbocycles. The fraction of sp³-hybridized carbons (Fsp3) is 0.500. The highest BCUT2D eigenvalue weighted by molar-refractivity contribution is 6.30. The minimum atomic E-state index is -0.486. The smallest absolute Gasteiger partial charge is 0.290 e. The molecule has 1 amide bonds. The van der Waals surface area contributed by atoms with Crippen molar-refractivity contribution in [1.82, 2.24) is 9.80 Å². The van der Waals surface area contributed by atoms with Gasteiger partial charge in [-0.3, -0.25) is 14.5 Å². The lowest BCUT2D eigenvalue weighted by Crippen LogP contribution is -2.35. The van der Waals surface area contributed by atoms with E-state index >= 15 is 0 Å². The van der Waals surface area contributed by atoms with Crippen molar-refractivity contribution < 1.29 is 28.2 Å². The summed E-state index contributed by atoms with van der Waals surface area (Å²) in [4.78, 5) is 25.2. The minimum Gasteiger partial charge on any atom is -0.493 e. The molecule has 0 bridgehead atoms. The fourth-order valence-corrected chi connectivity index (χ4v) is 5.39. The number of carboxylic acid groups (broad SMARTS) is 1. The summed E-state index contributed by atoms with van der Waals surface area (Å²) in [5.41, 5.74) is 2.04. The molecule has 2 saturated heterocycles. The van der Waals surface area contributed by atoms with Gasteiger partial charge >= 0.3 is 0 Å². The van der Waals surface area contributed by atoms with E-state index in [1.165, 1.54) is 18.2 Å². The maximum atomic E-state index is 14.9. The zero-order chi connectivity index (χ0) is 26.4. The molecule has 9 heteroatoms. The molecular weight excluding hydrogens is 502 g/mol. The summed E-state index contributed by atoms with van der Waals surface area (Å²) >= 11 is 5.98. The summed E-state index contributed by atoms with van der Waals surface area (Å²) in [6.07, 6.45) is 6.02. The Hall–Kier alpha value is -2.71. The monoisotopic (exact) mass is 534 g/mol. The van der Waals surface area contributed by atoms with Gasteiger partial charge in [0.15, 0.2) is 0 Å². The quantitative estimate of drug-likeness (QED) is 0.460. The van der Waals surface area contributed by atoms with Crippen LogP contribution in [0.3, 0.4) is 0 Å². The normalized spacial score (nSPS) is 18.3. The molecule has 1 N–H and O–H groups in total. The maximum absolute atomic E-state index is 14.9. The van der Waals surface area contributed by atoms with Gasteiger partial charge in [0.1, 0.15) is 17.4 Å². The first-order chi connectivity index (χ1) is 17.9. The van der Waals surface area contributed by atoms with Crippen LogP contribution < -0.4 is 4.74 Å². The van der Waals surface area contributed by atoms with Gasteiger partial charge in [0, 0.05) is 30.7 Å². The second-order valence-corrected chi connectivity index (χ2v) is 10.5. The molecule has 0 unspecified atom stereocenters. The van der Waals surface area contributed by atoms with Gasteiger partial charge in [0.25, 0.3) is 12.4 Å². The highest BCUT2D eigenvalue weighted by Crippen LogP contribution is 2.45. The number of nitrogens with zero attached hydrogens (tertiary/aromatic N) is 2. The number of hydrogen-bond acceptors (Lipinski definition) is 4. The molecule has 2 aliphatic heterocycles. The molecule has 5 rings (SSSR count). The number of ether oxygens (including phenoxy) is 1. The van der Waals surface area contributed by atoms with Crippen LogP contribution in [0.1, 0.15) is 65.9 Å². The van der Waals surface area contributed by atoms with E-state index in [0.717, 1.165) is 62.7 Å². The van der Waals surface area contributed by atoms with Crippen molar-refractivity contribution >= 4 is 24.0 Å². The topological polar surface area (TPSA) is 70.1 Å². The average molecular weight is 535 g/mol. The molecule has 2 aromatic carbocycles. The number of piperidine rings is 1. The lowest BCUT2D eigenvalue weighted by atomic mass is 9.97. The van der Waals surface area contributed by atoms with Gasteiger partial charge in [0.05, 0.1) is 12.2 Å². The van der Waals surface area contributed by atoms with E-state index in [1.54, 1.807) is 11.0 Å². The summed E-state index contributed by atoms with van der Waals surface area (Å²) in [5, 5.41) is 7.31. The fourth-order valence-electron chi connectivity index (χ4n) is 5.14. The van der Waals surface area contributed by atoms with E-state index in [2.05, 4.69) is 4.90 Å². The van der Waals surface area contributed by atoms with Crippen molar-refractivity contribution in [3.63, 3.8) is 0 Å². The number of likely N-dealkylation sites (tertiary alicyclic amines) is 2. The number of carbonyl (C=O) groups excluding carboxylic acids is 1. The third-order valence-corrected chi connectivity index (χ3v) is 7.47. The molecule has 0 atom stereocenters. The van der Waals surface area contributed by atoms with Crippen LogP contribution in [0.2, 0.25) is 5.02 Å². The van der Waals surface area contributed by atoms with E-state index < -0.39 is 5.82 Å². The van der Waals surface area contributed by atoms with Crippen LogP contribution in [-0.2, 0) is 11.3 Å². The third-order valence-electron chi connectivity index (χ3n) is 7.25. The molecule has 6 nitrogen and oxygen atoms in total. The van der Waals surface area contributed by atoms with E-state index in [-0.39, 0.29) is 23.8 Å². The molecule has 0 spiro atoms. The Morgan fingerprint density at radius 1 is 1.03 bits per heavy atom. The van der Waals surface area contributed by atoms with Gasteiger partial charge < -0.3 is 14.7 Å². The van der Waals surface area contributed by atoms with Gasteiger partial charge in [-0.25, -0.2) is 8.78 Å². The summed E-state index contributed by atoms with van der Waals surface area (Å²) < 4.78 is 34.7. The van der Waals surface area contributed by atoms with Gasteiger partial charge in [-0.15, -0.1) is 0 Å². The van der Waals surface area contributed by atoms with E-state index in [9.17, 15) is 13.6 Å². The van der Waals surface area contributed by atoms with Gasteiger partial charge in [0.2, 0.25) is 0 Å². The largest absolute Gasteiger partial charge is 0.493 e. The van der Waals surface area contributed by atoms with Crippen molar-refractivity contribution in [3.05, 3.63) is 63.7 Å². The molecule has 1 aliphatic carbocycles. The van der Waals surface area contributed by atoms with Gasteiger partial charge in [-0.2, -0.15) is 0 Å². The van der Waals surface area contributed by atoms with Crippen LogP contribution in [-0.4, -0.2) is 60.1 Å². The Kier molecular flexibility index (Phi) is 9.38. The number of amides is 1. The van der Waals surface area contributed by atoms with Crippen LogP contribution in [0.5, 0.6) is 5.75 Å². The first-order valence-corrected chi connectivity index (χ1v) is 13.3. The molecule has 2 heterocycles. The Labute approximate surface area is 221 Å². The van der Waals surface area contributed by atoms with Crippen LogP contribution in [0.15, 0.2) is 30.3 Å². The summed E-state index contributed by atoms with van der Waals surface area (Å²) in [7, 11) is 0. The minimum absolute atomic E-state index is 0.182. The highest BCUT2D eigenvalue weighted by atomic mass is 35.5. The molecule has 0 radical (unpaired) electrons. The summed E-state index contributed by atoms with van der Waals surface area (Å²) in [6.45, 7) is 4.18. The van der Waals surface area contributed by atoms with Crippen LogP contribution in [0.4, 0.5) is 8.78 Å². The number of benzene rings is 2. The predicted molar refractivity (Wildman–Crippen MR) is 137 cm³/mol. The number of halogens is 3. The van der Waals surface area contributed by atoms with Crippen molar-refractivity contribution in [1.29, 1.82) is 0 Å². The summed E-state index contributed by atoms with van der Waals surface area (Å²) in [6, 6.07) is 7.84. The Morgan fingerprint density at radius 3 is 2.32 bits per heavy atom. The van der Waals surface area contributed by atoms with Crippen LogP contribution in [0.25, 0.3) is 0 Å². The Balaban J connectivity index is 0.00000102. The lowest BCUT2D eigenvalue weighted by molar-refractivity contribution is -0.122. The highest BCUT2D eigenvalue weighted by Gasteiger charge is 2.31. The van der Waals surface area contributed by atoms with Gasteiger partial charge in [-0.05, 0) is 98.8 Å². The first kappa shape index (κ1) is 27.3. The molecule has 0 aromatic heterocycles. The van der Waals surface area contributed by atoms with E-state index in [4.69, 9.17) is 26.2 Å². The lowest BCUT2D eigenvalue weighted by Gasteiger charge is -2.32. The number of hydrogen-bond donors (Lipinski definition) is 1. The van der Waals surface area contributed by atoms with Crippen molar-refractivity contribution in [2.24, 2.45) is 5.92 Å². The second-order valence-electron chi connectivity index (χ2n) is 10.1. The first-order valence-electron chi connectivity index (χ1n) is 12.9. The van der Waals surface area contributed by atoms with Crippen molar-refractivity contribution in [2.45, 2.75) is 51.0 Å².